The van der Waals surface area contributed by atoms with Crippen molar-refractivity contribution in [3.8, 4) is 0 Å². The van der Waals surface area contributed by atoms with Gasteiger partial charge >= 0.3 is 0 Å². The van der Waals surface area contributed by atoms with Crippen LogP contribution in [-0.2, 0) is 4.79 Å². The SMILES string of the molecule is CC(=O)N1CCN(C(=O)c2nc(C)n3ccccc23)CC12CCCCC2. The molecule has 6 heteroatoms. The van der Waals surface area contributed by atoms with E-state index < -0.39 is 0 Å². The highest BCUT2D eigenvalue weighted by atomic mass is 16.2. The second-order valence-corrected chi connectivity index (χ2v) is 7.65. The fraction of sp³-hybridized carbons (Fsp3) is 0.550. The monoisotopic (exact) mass is 354 g/mol. The quantitative estimate of drug-likeness (QED) is 0.791. The van der Waals surface area contributed by atoms with Crippen LogP contribution in [0.25, 0.3) is 5.52 Å². The number of pyridine rings is 1. The summed E-state index contributed by atoms with van der Waals surface area (Å²) < 4.78 is 1.95. The highest BCUT2D eigenvalue weighted by molar-refractivity contribution is 5.99. The molecule has 0 atom stereocenters. The summed E-state index contributed by atoms with van der Waals surface area (Å²) in [5.41, 5.74) is 1.18. The first-order chi connectivity index (χ1) is 12.5. The van der Waals surface area contributed by atoms with Crippen LogP contribution in [-0.4, -0.2) is 56.2 Å². The van der Waals surface area contributed by atoms with Crippen LogP contribution in [0, 0.1) is 6.92 Å². The molecular formula is C20H26N4O2. The summed E-state index contributed by atoms with van der Waals surface area (Å²) in [6, 6.07) is 5.82. The fourth-order valence-corrected chi connectivity index (χ4v) is 4.78. The second-order valence-electron chi connectivity index (χ2n) is 7.65. The van der Waals surface area contributed by atoms with Gasteiger partial charge in [-0.3, -0.25) is 9.59 Å². The Bertz CT molecular complexity index is 851. The maximum Gasteiger partial charge on any atom is 0.274 e. The summed E-state index contributed by atoms with van der Waals surface area (Å²) in [6.45, 7) is 5.38. The molecule has 2 aromatic heterocycles. The number of aryl methyl sites for hydroxylation is 1. The van der Waals surface area contributed by atoms with E-state index in [1.807, 2.05) is 45.5 Å². The van der Waals surface area contributed by atoms with Gasteiger partial charge in [-0.25, -0.2) is 4.98 Å². The molecule has 1 aliphatic heterocycles. The summed E-state index contributed by atoms with van der Waals surface area (Å²) in [5, 5.41) is 0. The normalized spacial score (nSPS) is 19.9. The van der Waals surface area contributed by atoms with E-state index in [4.69, 9.17) is 0 Å². The lowest BCUT2D eigenvalue weighted by molar-refractivity contribution is -0.141. The lowest BCUT2D eigenvalue weighted by atomic mass is 9.78. The van der Waals surface area contributed by atoms with Crippen LogP contribution in [0.5, 0.6) is 0 Å². The third kappa shape index (κ3) is 2.68. The molecule has 1 spiro atoms. The third-order valence-electron chi connectivity index (χ3n) is 6.03. The Morgan fingerprint density at radius 3 is 2.62 bits per heavy atom. The summed E-state index contributed by atoms with van der Waals surface area (Å²) >= 11 is 0. The molecule has 1 saturated heterocycles. The van der Waals surface area contributed by atoms with E-state index in [1.165, 1.54) is 6.42 Å². The fourth-order valence-electron chi connectivity index (χ4n) is 4.78. The molecule has 0 unspecified atom stereocenters. The molecule has 1 saturated carbocycles. The number of carbonyl (C=O) groups excluding carboxylic acids is 2. The van der Waals surface area contributed by atoms with E-state index in [9.17, 15) is 9.59 Å². The first-order valence-electron chi connectivity index (χ1n) is 9.53. The van der Waals surface area contributed by atoms with Gasteiger partial charge in [0.2, 0.25) is 5.91 Å². The predicted octanol–water partition coefficient (Wildman–Crippen LogP) is 2.65. The number of amides is 2. The topological polar surface area (TPSA) is 57.9 Å². The zero-order valence-electron chi connectivity index (χ0n) is 15.6. The van der Waals surface area contributed by atoms with Gasteiger partial charge in [0.1, 0.15) is 5.82 Å². The number of imidazole rings is 1. The molecule has 3 heterocycles. The van der Waals surface area contributed by atoms with Crippen molar-refractivity contribution in [3.05, 3.63) is 35.9 Å². The molecule has 2 amide bonds. The lowest BCUT2D eigenvalue weighted by Crippen LogP contribution is -2.65. The van der Waals surface area contributed by atoms with Crippen LogP contribution in [0.3, 0.4) is 0 Å². The van der Waals surface area contributed by atoms with E-state index >= 15 is 0 Å². The Morgan fingerprint density at radius 2 is 1.88 bits per heavy atom. The van der Waals surface area contributed by atoms with E-state index in [0.29, 0.717) is 25.3 Å². The zero-order valence-corrected chi connectivity index (χ0v) is 15.6. The number of rotatable bonds is 1. The maximum atomic E-state index is 13.3. The molecule has 2 aliphatic rings. The van der Waals surface area contributed by atoms with Crippen LogP contribution in [0.15, 0.2) is 24.4 Å². The number of hydrogen-bond acceptors (Lipinski definition) is 3. The summed E-state index contributed by atoms with van der Waals surface area (Å²) in [5.74, 6) is 0.927. The van der Waals surface area contributed by atoms with Gasteiger partial charge in [0, 0.05) is 32.8 Å². The minimum atomic E-state index is -0.192. The lowest BCUT2D eigenvalue weighted by Gasteiger charge is -2.52. The molecule has 2 aromatic rings. The van der Waals surface area contributed by atoms with Crippen LogP contribution < -0.4 is 0 Å². The molecule has 4 rings (SSSR count). The molecule has 0 radical (unpaired) electrons. The van der Waals surface area contributed by atoms with Crippen molar-refractivity contribution in [2.24, 2.45) is 0 Å². The molecular weight excluding hydrogens is 328 g/mol. The second kappa shape index (κ2) is 6.41. The van der Waals surface area contributed by atoms with Crippen LogP contribution >= 0.6 is 0 Å². The number of aromatic nitrogens is 2. The van der Waals surface area contributed by atoms with E-state index in [-0.39, 0.29) is 17.4 Å². The van der Waals surface area contributed by atoms with Crippen LogP contribution in [0.2, 0.25) is 0 Å². The molecule has 26 heavy (non-hydrogen) atoms. The van der Waals surface area contributed by atoms with Crippen molar-refractivity contribution in [1.82, 2.24) is 19.2 Å². The molecule has 0 aromatic carbocycles. The molecule has 138 valence electrons. The van der Waals surface area contributed by atoms with E-state index in [0.717, 1.165) is 37.0 Å². The van der Waals surface area contributed by atoms with E-state index in [2.05, 4.69) is 4.98 Å². The van der Waals surface area contributed by atoms with Crippen molar-refractivity contribution in [3.63, 3.8) is 0 Å². The number of nitrogens with zero attached hydrogens (tertiary/aromatic N) is 4. The van der Waals surface area contributed by atoms with Gasteiger partial charge < -0.3 is 14.2 Å². The molecule has 0 N–H and O–H groups in total. The predicted molar refractivity (Wildman–Crippen MR) is 99.0 cm³/mol. The van der Waals surface area contributed by atoms with Gasteiger partial charge in [-0.2, -0.15) is 0 Å². The highest BCUT2D eigenvalue weighted by Gasteiger charge is 2.45. The van der Waals surface area contributed by atoms with Crippen molar-refractivity contribution < 1.29 is 9.59 Å². The van der Waals surface area contributed by atoms with E-state index in [1.54, 1.807) is 6.92 Å². The van der Waals surface area contributed by atoms with Gasteiger partial charge in [0.05, 0.1) is 11.1 Å². The Morgan fingerprint density at radius 1 is 1.12 bits per heavy atom. The first-order valence-corrected chi connectivity index (χ1v) is 9.53. The maximum absolute atomic E-state index is 13.3. The average molecular weight is 354 g/mol. The van der Waals surface area contributed by atoms with Gasteiger partial charge in [-0.15, -0.1) is 0 Å². The minimum absolute atomic E-state index is 0.0186. The Labute approximate surface area is 153 Å². The summed E-state index contributed by atoms with van der Waals surface area (Å²) in [7, 11) is 0. The summed E-state index contributed by atoms with van der Waals surface area (Å²) in [4.78, 5) is 34.0. The number of piperazine rings is 1. The summed E-state index contributed by atoms with van der Waals surface area (Å²) in [6.07, 6.45) is 7.37. The largest absolute Gasteiger partial charge is 0.334 e. The minimum Gasteiger partial charge on any atom is -0.334 e. The van der Waals surface area contributed by atoms with Gasteiger partial charge in [-0.05, 0) is 31.9 Å². The number of fused-ring (bicyclic) bond motifs is 1. The third-order valence-corrected chi connectivity index (χ3v) is 6.03. The Kier molecular flexibility index (Phi) is 4.21. The van der Waals surface area contributed by atoms with Gasteiger partial charge in [0.15, 0.2) is 5.69 Å². The molecule has 1 aliphatic carbocycles. The average Bonchev–Trinajstić information content (AvgIpc) is 2.98. The molecule has 0 bridgehead atoms. The standard InChI is InChI=1S/C20H26N4O2/c1-15-21-18(17-8-4-7-11-23(15)17)19(26)22-12-13-24(16(2)25)20(14-22)9-5-3-6-10-20/h4,7-8,11H,3,5-6,9-10,12-14H2,1-2H3. The van der Waals surface area contributed by atoms with Crippen molar-refractivity contribution in [1.29, 1.82) is 0 Å². The van der Waals surface area contributed by atoms with Crippen molar-refractivity contribution in [2.75, 3.05) is 19.6 Å². The number of hydrogen-bond donors (Lipinski definition) is 0. The first kappa shape index (κ1) is 17.1. The Balaban J connectivity index is 1.65. The smallest absolute Gasteiger partial charge is 0.274 e. The van der Waals surface area contributed by atoms with Gasteiger partial charge in [0.25, 0.3) is 5.91 Å². The Hall–Kier alpha value is -2.37. The zero-order chi connectivity index (χ0) is 18.3. The number of carbonyl (C=O) groups is 2. The molecule has 6 nitrogen and oxygen atoms in total. The highest BCUT2D eigenvalue weighted by Crippen LogP contribution is 2.37. The van der Waals surface area contributed by atoms with Crippen molar-refractivity contribution >= 4 is 17.3 Å². The molecule has 2 fully saturated rings. The van der Waals surface area contributed by atoms with Crippen molar-refractivity contribution in [2.45, 2.75) is 51.5 Å². The van der Waals surface area contributed by atoms with Crippen LogP contribution in [0.1, 0.15) is 55.3 Å². The van der Waals surface area contributed by atoms with Crippen LogP contribution in [0.4, 0.5) is 0 Å². The van der Waals surface area contributed by atoms with Gasteiger partial charge in [-0.1, -0.05) is 25.3 Å².